The number of amides is 2. The highest BCUT2D eigenvalue weighted by molar-refractivity contribution is 9.10. The second-order valence-corrected chi connectivity index (χ2v) is 11.2. The number of anilines is 2. The lowest BCUT2D eigenvalue weighted by Gasteiger charge is -2.36. The van der Waals surface area contributed by atoms with Crippen molar-refractivity contribution in [3.63, 3.8) is 0 Å². The number of aromatic nitrogens is 1. The average molecular weight is 818 g/mol. The maximum Gasteiger partial charge on any atom is 0.573 e. The van der Waals surface area contributed by atoms with Crippen molar-refractivity contribution in [2.75, 3.05) is 10.4 Å². The van der Waals surface area contributed by atoms with Gasteiger partial charge in [-0.3, -0.25) is 9.59 Å². The van der Waals surface area contributed by atoms with E-state index in [1.54, 1.807) is 0 Å². The molecule has 276 valence electrons. The van der Waals surface area contributed by atoms with Crippen LogP contribution >= 0.6 is 15.9 Å². The first-order chi connectivity index (χ1) is 23.3. The number of alkyl halides is 12. The van der Waals surface area contributed by atoms with E-state index in [4.69, 9.17) is 4.84 Å². The van der Waals surface area contributed by atoms with Gasteiger partial charge in [-0.25, -0.2) is 18.6 Å². The first-order valence-corrected chi connectivity index (χ1v) is 14.2. The van der Waals surface area contributed by atoms with E-state index in [0.29, 0.717) is 31.2 Å². The van der Waals surface area contributed by atoms with Gasteiger partial charge < -0.3 is 14.9 Å². The predicted molar refractivity (Wildman–Crippen MR) is 145 cm³/mol. The fourth-order valence-corrected chi connectivity index (χ4v) is 4.70. The molecule has 0 aliphatic heterocycles. The zero-order valence-electron chi connectivity index (χ0n) is 24.2. The molecule has 1 atom stereocenters. The number of ether oxygens (including phenoxy) is 1. The second kappa shape index (κ2) is 13.5. The molecule has 4 rings (SSSR count). The largest absolute Gasteiger partial charge is 0.573 e. The molecule has 1 heterocycles. The van der Waals surface area contributed by atoms with Crippen molar-refractivity contribution < 1.29 is 85.4 Å². The summed E-state index contributed by atoms with van der Waals surface area (Å²) in [7, 11) is 0. The minimum Gasteiger partial charge on any atom is -0.404 e. The number of carbonyl (C=O) groups excluding carboxylic acids is 3. The van der Waals surface area contributed by atoms with Gasteiger partial charge in [0.05, 0.1) is 22.7 Å². The van der Waals surface area contributed by atoms with Crippen LogP contribution in [0.4, 0.5) is 72.8 Å². The Morgan fingerprint density at radius 2 is 1.49 bits per heavy atom. The summed E-state index contributed by atoms with van der Waals surface area (Å²) in [5.74, 6) is -17.3. The molecule has 0 bridgehead atoms. The second-order valence-electron chi connectivity index (χ2n) is 10.4. The molecule has 3 aromatic rings. The van der Waals surface area contributed by atoms with Crippen LogP contribution in [0.25, 0.3) is 0 Å². The summed E-state index contributed by atoms with van der Waals surface area (Å²) < 4.78 is 194. The number of nitrogens with zero attached hydrogens (tertiary/aromatic N) is 2. The fraction of sp³-hybridized carbons (Fsp3) is 0.286. The van der Waals surface area contributed by atoms with Gasteiger partial charge >= 0.3 is 36.3 Å². The molecule has 8 nitrogen and oxygen atoms in total. The highest BCUT2D eigenvalue weighted by atomic mass is 79.9. The number of nitrogens with one attached hydrogen (secondary N) is 1. The quantitative estimate of drug-likeness (QED) is 0.139. The van der Waals surface area contributed by atoms with E-state index in [1.165, 1.54) is 5.32 Å². The number of hydrogen-bond donors (Lipinski definition) is 1. The minimum atomic E-state index is -7.31. The molecule has 0 radical (unpaired) electrons. The number of hydroxylamine groups is 1. The molecule has 1 fully saturated rings. The lowest BCUT2D eigenvalue weighted by Crippen LogP contribution is -2.59. The highest BCUT2D eigenvalue weighted by Crippen LogP contribution is 2.59. The summed E-state index contributed by atoms with van der Waals surface area (Å²) in [5.41, 5.74) is -13.7. The summed E-state index contributed by atoms with van der Waals surface area (Å²) in [5, 5.41) is 1.55. The summed E-state index contributed by atoms with van der Waals surface area (Å²) in [6.07, 6.45) is -19.1. The van der Waals surface area contributed by atoms with Gasteiger partial charge in [0.15, 0.2) is 11.6 Å². The van der Waals surface area contributed by atoms with Crippen LogP contribution in [0.1, 0.15) is 39.1 Å². The molecule has 1 saturated carbocycles. The molecule has 2 aromatic carbocycles. The Kier molecular flexibility index (Phi) is 10.3. The average Bonchev–Trinajstić information content (AvgIpc) is 3.85. The van der Waals surface area contributed by atoms with Gasteiger partial charge in [-0.05, 0) is 65.2 Å². The third kappa shape index (κ3) is 7.81. The van der Waals surface area contributed by atoms with Gasteiger partial charge in [-0.1, -0.05) is 6.07 Å². The molecule has 1 N–H and O–H groups in total. The van der Waals surface area contributed by atoms with Crippen LogP contribution in [0.2, 0.25) is 0 Å². The topological polar surface area (TPSA) is 97.8 Å². The number of hydrogen-bond acceptors (Lipinski definition) is 6. The monoisotopic (exact) mass is 817 g/mol. The Labute approximate surface area is 282 Å². The Bertz CT molecular complexity index is 1850. The lowest BCUT2D eigenvalue weighted by molar-refractivity contribution is -0.389. The van der Waals surface area contributed by atoms with Crippen LogP contribution in [-0.2, 0) is 15.3 Å². The highest BCUT2D eigenvalue weighted by Gasteiger charge is 2.82. The molecule has 1 unspecified atom stereocenters. The lowest BCUT2D eigenvalue weighted by atomic mass is 9.87. The van der Waals surface area contributed by atoms with Gasteiger partial charge in [0.1, 0.15) is 5.69 Å². The first-order valence-electron chi connectivity index (χ1n) is 13.4. The normalized spacial score (nSPS) is 15.1. The van der Waals surface area contributed by atoms with Crippen LogP contribution in [0, 0.1) is 17.7 Å². The molecule has 1 aliphatic carbocycles. The number of benzene rings is 2. The molecule has 23 heteroatoms. The van der Waals surface area contributed by atoms with Crippen LogP contribution in [-0.4, -0.2) is 47.4 Å². The van der Waals surface area contributed by atoms with E-state index in [0.717, 1.165) is 18.2 Å². The van der Waals surface area contributed by atoms with Crippen molar-refractivity contribution in [1.82, 2.24) is 4.98 Å². The van der Waals surface area contributed by atoms with Crippen molar-refractivity contribution in [2.24, 2.45) is 5.92 Å². The molecule has 1 aromatic heterocycles. The molecular formula is C28H14BrF14N3O5. The van der Waals surface area contributed by atoms with Crippen LogP contribution < -0.4 is 15.1 Å². The summed E-state index contributed by atoms with van der Waals surface area (Å²) >= 11 is 2.28. The maximum atomic E-state index is 15.8. The predicted octanol–water partition coefficient (Wildman–Crippen LogP) is 8.71. The third-order valence-electron chi connectivity index (χ3n) is 6.79. The SMILES string of the molecule is O=C(Nc1c(Br)cc(C(F)(C(F)(F)F)C(F)(F)C(F)(F)F)cc1OC(F)(F)F)c1cccc(N(OC(=O)C2CC2)C(=O)c2ccc(F)nc2)c1F. The standard InChI is InChI=1S/C28H14BrF14N3O5/c29-15-8-13(24(32,26(35,36)37)25(33,34)27(38,39)40)9-17(50-28(41,42)43)20(15)45-21(47)14-2-1-3-16(19(14)31)46(51-23(49)11-4-5-11)22(48)12-6-7-18(30)44-10-12/h1-3,6-11H,4-5H2,(H,45,47). The maximum absolute atomic E-state index is 15.8. The van der Waals surface area contributed by atoms with Crippen molar-refractivity contribution in [1.29, 1.82) is 0 Å². The Hall–Kier alpha value is -4.70. The molecule has 0 spiro atoms. The van der Waals surface area contributed by atoms with E-state index in [-0.39, 0.29) is 5.06 Å². The summed E-state index contributed by atoms with van der Waals surface area (Å²) in [4.78, 5) is 46.9. The Morgan fingerprint density at radius 1 is 0.863 bits per heavy atom. The van der Waals surface area contributed by atoms with E-state index in [2.05, 4.69) is 25.7 Å². The van der Waals surface area contributed by atoms with E-state index < -0.39 is 116 Å². The van der Waals surface area contributed by atoms with E-state index in [9.17, 15) is 67.1 Å². The smallest absolute Gasteiger partial charge is 0.404 e. The summed E-state index contributed by atoms with van der Waals surface area (Å²) in [6, 6.07) is 2.41. The Morgan fingerprint density at radius 3 is 2.00 bits per heavy atom. The Balaban J connectivity index is 1.81. The van der Waals surface area contributed by atoms with Gasteiger partial charge in [-0.15, -0.1) is 18.2 Å². The molecular weight excluding hydrogens is 804 g/mol. The summed E-state index contributed by atoms with van der Waals surface area (Å²) in [6.45, 7) is 0. The number of pyridine rings is 1. The molecule has 1 aliphatic rings. The van der Waals surface area contributed by atoms with Crippen molar-refractivity contribution >= 4 is 45.1 Å². The van der Waals surface area contributed by atoms with Crippen molar-refractivity contribution in [3.05, 3.63) is 81.6 Å². The van der Waals surface area contributed by atoms with Crippen LogP contribution in [0.15, 0.2) is 53.1 Å². The van der Waals surface area contributed by atoms with Gasteiger partial charge in [0, 0.05) is 16.2 Å². The number of halogens is 15. The van der Waals surface area contributed by atoms with Crippen molar-refractivity contribution in [3.8, 4) is 5.75 Å². The minimum absolute atomic E-state index is 0.0311. The zero-order valence-corrected chi connectivity index (χ0v) is 25.8. The zero-order chi connectivity index (χ0) is 38.5. The third-order valence-corrected chi connectivity index (χ3v) is 7.41. The van der Waals surface area contributed by atoms with Crippen LogP contribution in [0.5, 0.6) is 5.75 Å². The first kappa shape index (κ1) is 39.1. The van der Waals surface area contributed by atoms with Crippen LogP contribution in [0.3, 0.4) is 0 Å². The fourth-order valence-electron chi connectivity index (χ4n) is 4.16. The molecule has 2 amide bonds. The van der Waals surface area contributed by atoms with Gasteiger partial charge in [0.2, 0.25) is 5.95 Å². The van der Waals surface area contributed by atoms with E-state index >= 15 is 8.78 Å². The number of rotatable bonds is 8. The molecule has 0 saturated heterocycles. The van der Waals surface area contributed by atoms with Gasteiger partial charge in [-0.2, -0.15) is 39.5 Å². The van der Waals surface area contributed by atoms with E-state index in [1.807, 2.05) is 0 Å². The molecule has 51 heavy (non-hydrogen) atoms. The van der Waals surface area contributed by atoms with Crippen molar-refractivity contribution in [2.45, 2.75) is 43.1 Å². The number of carbonyl (C=O) groups is 3. The van der Waals surface area contributed by atoms with Gasteiger partial charge in [0.25, 0.3) is 11.8 Å².